The number of hydrogen-bond donors (Lipinski definition) is 1. The molecular weight excluding hydrogens is 483 g/mol. The summed E-state index contributed by atoms with van der Waals surface area (Å²) in [6.45, 7) is 2.11. The topological polar surface area (TPSA) is 62.1 Å². The lowest BCUT2D eigenvalue weighted by Gasteiger charge is -2.10. The van der Waals surface area contributed by atoms with Crippen molar-refractivity contribution < 1.29 is 13.9 Å². The molecule has 0 bridgehead atoms. The molecule has 0 aliphatic rings. The van der Waals surface area contributed by atoms with E-state index in [0.29, 0.717) is 26.5 Å². The van der Waals surface area contributed by atoms with Crippen LogP contribution in [-0.4, -0.2) is 5.91 Å². The second kappa shape index (κ2) is 10.3. The molecule has 0 aliphatic carbocycles. The summed E-state index contributed by atoms with van der Waals surface area (Å²) in [6, 6.07) is 18.3. The van der Waals surface area contributed by atoms with Gasteiger partial charge >= 0.3 is 0 Å². The lowest BCUT2D eigenvalue weighted by atomic mass is 10.1. The molecule has 0 unspecified atom stereocenters. The van der Waals surface area contributed by atoms with Gasteiger partial charge in [0.25, 0.3) is 5.91 Å². The molecule has 4 nitrogen and oxygen atoms in total. The average Bonchev–Trinajstić information content (AvgIpc) is 2.75. The van der Waals surface area contributed by atoms with Crippen LogP contribution in [0.1, 0.15) is 16.7 Å². The molecular formula is C24H17BrClFN2O2. The van der Waals surface area contributed by atoms with Crippen molar-refractivity contribution in [1.29, 1.82) is 5.26 Å². The largest absolute Gasteiger partial charge is 0.488 e. The van der Waals surface area contributed by atoms with Gasteiger partial charge in [-0.05, 0) is 82.0 Å². The Bertz CT molecular complexity index is 1190. The van der Waals surface area contributed by atoms with Gasteiger partial charge in [0.15, 0.2) is 0 Å². The van der Waals surface area contributed by atoms with E-state index in [1.54, 1.807) is 48.5 Å². The van der Waals surface area contributed by atoms with Crippen LogP contribution in [0.3, 0.4) is 0 Å². The first-order valence-corrected chi connectivity index (χ1v) is 10.4. The second-order valence-corrected chi connectivity index (χ2v) is 7.98. The van der Waals surface area contributed by atoms with Crippen LogP contribution in [0.4, 0.5) is 10.1 Å². The third kappa shape index (κ3) is 6.17. The molecule has 1 N–H and O–H groups in total. The highest BCUT2D eigenvalue weighted by Gasteiger charge is 2.12. The fourth-order valence-electron chi connectivity index (χ4n) is 2.70. The predicted octanol–water partition coefficient (Wildman–Crippen LogP) is 6.67. The maximum atomic E-state index is 13.0. The molecule has 0 aromatic heterocycles. The quantitative estimate of drug-likeness (QED) is 0.304. The number of ether oxygens (including phenoxy) is 1. The summed E-state index contributed by atoms with van der Waals surface area (Å²) in [7, 11) is 0. The lowest BCUT2D eigenvalue weighted by Crippen LogP contribution is -2.14. The van der Waals surface area contributed by atoms with E-state index in [0.717, 1.165) is 11.1 Å². The van der Waals surface area contributed by atoms with Gasteiger partial charge in [-0.2, -0.15) is 5.26 Å². The molecule has 0 heterocycles. The van der Waals surface area contributed by atoms with Crippen molar-refractivity contribution in [3.63, 3.8) is 0 Å². The molecule has 156 valence electrons. The number of amides is 1. The minimum atomic E-state index is -0.527. The number of nitriles is 1. The van der Waals surface area contributed by atoms with Gasteiger partial charge < -0.3 is 10.1 Å². The molecule has 0 saturated carbocycles. The summed E-state index contributed by atoms with van der Waals surface area (Å²) in [5.74, 6) is -0.247. The molecule has 0 saturated heterocycles. The van der Waals surface area contributed by atoms with Crippen molar-refractivity contribution in [3.05, 3.63) is 98.2 Å². The first-order valence-electron chi connectivity index (χ1n) is 9.22. The zero-order valence-electron chi connectivity index (χ0n) is 16.5. The number of hydrogen-bond acceptors (Lipinski definition) is 3. The average molecular weight is 500 g/mol. The highest BCUT2D eigenvalue weighted by atomic mass is 79.9. The van der Waals surface area contributed by atoms with Crippen molar-refractivity contribution in [2.75, 3.05) is 5.32 Å². The highest BCUT2D eigenvalue weighted by Crippen LogP contribution is 2.28. The summed E-state index contributed by atoms with van der Waals surface area (Å²) >= 11 is 9.42. The van der Waals surface area contributed by atoms with Crippen LogP contribution in [0, 0.1) is 24.1 Å². The molecule has 0 spiro atoms. The van der Waals surface area contributed by atoms with Crippen LogP contribution in [-0.2, 0) is 11.4 Å². The molecule has 31 heavy (non-hydrogen) atoms. The van der Waals surface area contributed by atoms with Crippen LogP contribution in [0.25, 0.3) is 6.08 Å². The number of nitrogens with zero attached hydrogens (tertiary/aromatic N) is 1. The molecule has 0 fully saturated rings. The van der Waals surface area contributed by atoms with E-state index in [9.17, 15) is 14.4 Å². The second-order valence-electron chi connectivity index (χ2n) is 6.69. The minimum absolute atomic E-state index is 0.0498. The number of carbonyl (C=O) groups is 1. The number of benzene rings is 3. The molecule has 7 heteroatoms. The van der Waals surface area contributed by atoms with Crippen molar-refractivity contribution in [2.45, 2.75) is 13.5 Å². The van der Waals surface area contributed by atoms with Crippen LogP contribution in [0.5, 0.6) is 5.75 Å². The Kier molecular flexibility index (Phi) is 7.45. The zero-order valence-corrected chi connectivity index (χ0v) is 18.8. The Labute approximate surface area is 193 Å². The molecule has 0 radical (unpaired) electrons. The van der Waals surface area contributed by atoms with Crippen molar-refractivity contribution in [3.8, 4) is 11.8 Å². The Morgan fingerprint density at radius 2 is 1.94 bits per heavy atom. The number of aryl methyl sites for hydroxylation is 1. The Morgan fingerprint density at radius 3 is 2.61 bits per heavy atom. The Morgan fingerprint density at radius 1 is 1.19 bits per heavy atom. The number of nitrogens with one attached hydrogen (secondary N) is 1. The molecule has 0 aliphatic heterocycles. The van der Waals surface area contributed by atoms with Crippen LogP contribution in [0.2, 0.25) is 5.02 Å². The van der Waals surface area contributed by atoms with Gasteiger partial charge in [0, 0.05) is 10.7 Å². The van der Waals surface area contributed by atoms with Crippen LogP contribution in [0.15, 0.2) is 70.7 Å². The van der Waals surface area contributed by atoms with Crippen molar-refractivity contribution in [1.82, 2.24) is 0 Å². The number of rotatable bonds is 6. The Hall–Kier alpha value is -3.14. The fourth-order valence-corrected chi connectivity index (χ4v) is 3.38. The standard InChI is InChI=1S/C24H17BrClFN2O2/c1-15-2-6-19(26)12-22(15)29-24(30)18(13-28)10-17-5-9-23(21(25)11-17)31-14-16-3-7-20(27)8-4-16/h2-12H,14H2,1H3,(H,29,30)/b18-10+. The Balaban J connectivity index is 1.72. The first-order chi connectivity index (χ1) is 14.9. The highest BCUT2D eigenvalue weighted by molar-refractivity contribution is 9.10. The van der Waals surface area contributed by atoms with Gasteiger partial charge in [-0.25, -0.2) is 4.39 Å². The van der Waals surface area contributed by atoms with E-state index >= 15 is 0 Å². The summed E-state index contributed by atoms with van der Waals surface area (Å²) in [4.78, 5) is 12.5. The van der Waals surface area contributed by atoms with Gasteiger partial charge in [0.1, 0.15) is 29.8 Å². The van der Waals surface area contributed by atoms with Gasteiger partial charge in [-0.1, -0.05) is 35.9 Å². The van der Waals surface area contributed by atoms with Gasteiger partial charge in [-0.3, -0.25) is 4.79 Å². The smallest absolute Gasteiger partial charge is 0.266 e. The van der Waals surface area contributed by atoms with Crippen LogP contribution < -0.4 is 10.1 Å². The molecule has 0 atom stereocenters. The minimum Gasteiger partial charge on any atom is -0.488 e. The van der Waals surface area contributed by atoms with E-state index < -0.39 is 5.91 Å². The van der Waals surface area contributed by atoms with Crippen molar-refractivity contribution >= 4 is 45.2 Å². The summed E-state index contributed by atoms with van der Waals surface area (Å²) in [6.07, 6.45) is 1.49. The summed E-state index contributed by atoms with van der Waals surface area (Å²) < 4.78 is 19.4. The summed E-state index contributed by atoms with van der Waals surface area (Å²) in [5.41, 5.74) is 2.81. The third-order valence-corrected chi connectivity index (χ3v) is 5.24. The first kappa shape index (κ1) is 22.5. The monoisotopic (exact) mass is 498 g/mol. The maximum Gasteiger partial charge on any atom is 0.266 e. The number of anilines is 1. The van der Waals surface area contributed by atoms with Gasteiger partial charge in [0.05, 0.1) is 4.47 Å². The van der Waals surface area contributed by atoms with E-state index in [2.05, 4.69) is 21.2 Å². The molecule has 3 aromatic carbocycles. The SMILES string of the molecule is Cc1ccc(Cl)cc1NC(=O)/C(C#N)=C/c1ccc(OCc2ccc(F)cc2)c(Br)c1. The fraction of sp³-hybridized carbons (Fsp3) is 0.0833. The van der Waals surface area contributed by atoms with Gasteiger partial charge in [0.2, 0.25) is 0 Å². The van der Waals surface area contributed by atoms with Crippen LogP contribution >= 0.6 is 27.5 Å². The van der Waals surface area contributed by atoms with Crippen molar-refractivity contribution in [2.24, 2.45) is 0 Å². The lowest BCUT2D eigenvalue weighted by molar-refractivity contribution is -0.112. The van der Waals surface area contributed by atoms with Gasteiger partial charge in [-0.15, -0.1) is 0 Å². The van der Waals surface area contributed by atoms with E-state index in [4.69, 9.17) is 16.3 Å². The molecule has 1 amide bonds. The van der Waals surface area contributed by atoms with E-state index in [1.807, 2.05) is 13.0 Å². The summed E-state index contributed by atoms with van der Waals surface area (Å²) in [5, 5.41) is 12.6. The maximum absolute atomic E-state index is 13.0. The molecule has 3 aromatic rings. The third-order valence-electron chi connectivity index (χ3n) is 4.39. The number of halogens is 3. The van der Waals surface area contributed by atoms with E-state index in [1.165, 1.54) is 18.2 Å². The number of carbonyl (C=O) groups excluding carboxylic acids is 1. The van der Waals surface area contributed by atoms with E-state index in [-0.39, 0.29) is 18.0 Å². The normalized spacial score (nSPS) is 11.0. The predicted molar refractivity (Wildman–Crippen MR) is 123 cm³/mol. The zero-order chi connectivity index (χ0) is 22.4. The molecule has 3 rings (SSSR count).